The lowest BCUT2D eigenvalue weighted by Gasteiger charge is -2.12. The molecule has 0 radical (unpaired) electrons. The second-order valence-electron chi connectivity index (χ2n) is 4.67. The number of halogens is 1. The number of aromatic nitrogens is 1. The van der Waals surface area contributed by atoms with Crippen molar-refractivity contribution in [2.24, 2.45) is 0 Å². The first kappa shape index (κ1) is 17.0. The van der Waals surface area contributed by atoms with Crippen LogP contribution in [-0.2, 0) is 6.54 Å². The van der Waals surface area contributed by atoms with Gasteiger partial charge in [0.15, 0.2) is 0 Å². The van der Waals surface area contributed by atoms with E-state index in [-0.39, 0.29) is 18.3 Å². The highest BCUT2D eigenvalue weighted by Crippen LogP contribution is 2.22. The predicted octanol–water partition coefficient (Wildman–Crippen LogP) is 3.06. The van der Waals surface area contributed by atoms with Gasteiger partial charge in [0, 0.05) is 30.1 Å². The van der Waals surface area contributed by atoms with E-state index in [4.69, 9.17) is 4.74 Å². The van der Waals surface area contributed by atoms with Gasteiger partial charge in [0.2, 0.25) is 0 Å². The molecule has 1 heterocycles. The molecule has 5 heteroatoms. The van der Waals surface area contributed by atoms with Gasteiger partial charge >= 0.3 is 0 Å². The topological polar surface area (TPSA) is 51.2 Å². The first-order valence-corrected chi connectivity index (χ1v) is 6.44. The number of ether oxygens (including phenoxy) is 1. The summed E-state index contributed by atoms with van der Waals surface area (Å²) in [6.07, 6.45) is 3.21. The molecule has 0 fully saturated rings. The molecule has 0 aliphatic rings. The van der Waals surface area contributed by atoms with E-state index in [1.807, 2.05) is 26.0 Å². The minimum absolute atomic E-state index is 0. The Balaban J connectivity index is 0.00000220. The van der Waals surface area contributed by atoms with Crippen molar-refractivity contribution in [3.05, 3.63) is 58.9 Å². The van der Waals surface area contributed by atoms with Crippen LogP contribution in [0, 0.1) is 13.8 Å². The summed E-state index contributed by atoms with van der Waals surface area (Å²) in [4.78, 5) is 15.9. The third kappa shape index (κ3) is 4.20. The summed E-state index contributed by atoms with van der Waals surface area (Å²) in [5.41, 5.74) is 3.92. The number of amides is 1. The van der Waals surface area contributed by atoms with Crippen LogP contribution >= 0.6 is 12.4 Å². The van der Waals surface area contributed by atoms with Gasteiger partial charge in [-0.15, -0.1) is 12.4 Å². The molecule has 4 nitrogen and oxygen atoms in total. The fraction of sp³-hybridized carbons (Fsp3) is 0.250. The summed E-state index contributed by atoms with van der Waals surface area (Å²) in [6.45, 7) is 4.52. The number of benzene rings is 1. The molecule has 0 atom stereocenters. The molecule has 1 aromatic carbocycles. The maximum Gasteiger partial charge on any atom is 0.251 e. The number of aryl methyl sites for hydroxylation is 2. The number of rotatable bonds is 4. The SMILES string of the molecule is COc1cc(C)c(C)cc1CNC(=O)c1ccncc1.Cl. The second kappa shape index (κ2) is 7.64. The molecule has 0 spiro atoms. The van der Waals surface area contributed by atoms with E-state index in [0.717, 1.165) is 11.3 Å². The van der Waals surface area contributed by atoms with Crippen molar-refractivity contribution < 1.29 is 9.53 Å². The fourth-order valence-electron chi connectivity index (χ4n) is 1.96. The molecule has 0 aliphatic carbocycles. The zero-order valence-electron chi connectivity index (χ0n) is 12.3. The van der Waals surface area contributed by atoms with Crippen LogP contribution in [0.15, 0.2) is 36.7 Å². The van der Waals surface area contributed by atoms with Crippen LogP contribution in [0.2, 0.25) is 0 Å². The molecule has 0 bridgehead atoms. The highest BCUT2D eigenvalue weighted by atomic mass is 35.5. The number of carbonyl (C=O) groups is 1. The van der Waals surface area contributed by atoms with E-state index in [2.05, 4.69) is 10.3 Å². The number of hydrogen-bond acceptors (Lipinski definition) is 3. The predicted molar refractivity (Wildman–Crippen MR) is 85.1 cm³/mol. The first-order chi connectivity index (χ1) is 9.61. The zero-order chi connectivity index (χ0) is 14.5. The Bertz CT molecular complexity index is 615. The van der Waals surface area contributed by atoms with Crippen molar-refractivity contribution in [2.45, 2.75) is 20.4 Å². The van der Waals surface area contributed by atoms with Crippen LogP contribution in [-0.4, -0.2) is 18.0 Å². The van der Waals surface area contributed by atoms with Crippen molar-refractivity contribution in [1.29, 1.82) is 0 Å². The molecule has 0 aliphatic heterocycles. The third-order valence-corrected chi connectivity index (χ3v) is 3.28. The van der Waals surface area contributed by atoms with Crippen LogP contribution in [0.25, 0.3) is 0 Å². The summed E-state index contributed by atoms with van der Waals surface area (Å²) in [5.74, 6) is 0.677. The van der Waals surface area contributed by atoms with Crippen LogP contribution in [0.5, 0.6) is 5.75 Å². The molecule has 0 saturated heterocycles. The number of hydrogen-bond donors (Lipinski definition) is 1. The van der Waals surface area contributed by atoms with E-state index in [0.29, 0.717) is 12.1 Å². The number of nitrogens with one attached hydrogen (secondary N) is 1. The van der Waals surface area contributed by atoms with Gasteiger partial charge in [0.25, 0.3) is 5.91 Å². The van der Waals surface area contributed by atoms with Crippen LogP contribution in [0.1, 0.15) is 27.0 Å². The van der Waals surface area contributed by atoms with Crippen molar-refractivity contribution in [2.75, 3.05) is 7.11 Å². The summed E-state index contributed by atoms with van der Waals surface area (Å²) in [7, 11) is 1.64. The van der Waals surface area contributed by atoms with Gasteiger partial charge in [-0.25, -0.2) is 0 Å². The molecular weight excluding hydrogens is 288 g/mol. The van der Waals surface area contributed by atoms with Gasteiger partial charge in [0.1, 0.15) is 5.75 Å². The minimum Gasteiger partial charge on any atom is -0.496 e. The normalized spacial score (nSPS) is 9.67. The summed E-state index contributed by atoms with van der Waals surface area (Å²) in [6, 6.07) is 7.41. The average molecular weight is 307 g/mol. The van der Waals surface area contributed by atoms with E-state index in [9.17, 15) is 4.79 Å². The summed E-state index contributed by atoms with van der Waals surface area (Å²) < 4.78 is 5.36. The molecule has 21 heavy (non-hydrogen) atoms. The Morgan fingerprint density at radius 1 is 1.19 bits per heavy atom. The number of carbonyl (C=O) groups excluding carboxylic acids is 1. The molecule has 112 valence electrons. The molecular formula is C16H19ClN2O2. The molecule has 1 N–H and O–H groups in total. The van der Waals surface area contributed by atoms with Crippen LogP contribution in [0.4, 0.5) is 0 Å². The standard InChI is InChI=1S/C16H18N2O2.ClH/c1-11-8-14(15(20-3)9-12(11)2)10-18-16(19)13-4-6-17-7-5-13;/h4-9H,10H2,1-3H3,(H,18,19);1H. The van der Waals surface area contributed by atoms with Crippen molar-refractivity contribution in [3.63, 3.8) is 0 Å². The van der Waals surface area contributed by atoms with Crippen molar-refractivity contribution >= 4 is 18.3 Å². The maximum atomic E-state index is 12.0. The van der Waals surface area contributed by atoms with Crippen LogP contribution in [0.3, 0.4) is 0 Å². The molecule has 2 aromatic rings. The summed E-state index contributed by atoms with van der Waals surface area (Å²) in [5, 5.41) is 2.89. The Morgan fingerprint density at radius 2 is 1.81 bits per heavy atom. The maximum absolute atomic E-state index is 12.0. The van der Waals surface area contributed by atoms with Crippen molar-refractivity contribution in [3.8, 4) is 5.75 Å². The fourth-order valence-corrected chi connectivity index (χ4v) is 1.96. The lowest BCUT2D eigenvalue weighted by atomic mass is 10.0. The van der Waals surface area contributed by atoms with Gasteiger partial charge in [0.05, 0.1) is 7.11 Å². The second-order valence-corrected chi connectivity index (χ2v) is 4.67. The molecule has 2 rings (SSSR count). The Labute approximate surface area is 131 Å². The molecule has 1 aromatic heterocycles. The van der Waals surface area contributed by atoms with Crippen LogP contribution < -0.4 is 10.1 Å². The first-order valence-electron chi connectivity index (χ1n) is 6.44. The largest absolute Gasteiger partial charge is 0.496 e. The Hall–Kier alpha value is -2.07. The highest BCUT2D eigenvalue weighted by Gasteiger charge is 2.09. The number of nitrogens with zero attached hydrogens (tertiary/aromatic N) is 1. The van der Waals surface area contributed by atoms with Gasteiger partial charge in [-0.1, -0.05) is 6.07 Å². The van der Waals surface area contributed by atoms with Gasteiger partial charge in [-0.3, -0.25) is 9.78 Å². The van der Waals surface area contributed by atoms with Crippen molar-refractivity contribution in [1.82, 2.24) is 10.3 Å². The minimum atomic E-state index is -0.118. The number of methoxy groups -OCH3 is 1. The number of pyridine rings is 1. The average Bonchev–Trinajstić information content (AvgIpc) is 2.48. The zero-order valence-corrected chi connectivity index (χ0v) is 13.2. The van der Waals surface area contributed by atoms with E-state index in [1.54, 1.807) is 31.6 Å². The monoisotopic (exact) mass is 306 g/mol. The van der Waals surface area contributed by atoms with Gasteiger partial charge < -0.3 is 10.1 Å². The van der Waals surface area contributed by atoms with Gasteiger partial charge in [-0.2, -0.15) is 0 Å². The Morgan fingerprint density at radius 3 is 2.43 bits per heavy atom. The Kier molecular flexibility index (Phi) is 6.18. The van der Waals surface area contributed by atoms with Gasteiger partial charge in [-0.05, 0) is 43.2 Å². The summed E-state index contributed by atoms with van der Waals surface area (Å²) >= 11 is 0. The quantitative estimate of drug-likeness (QED) is 0.944. The smallest absolute Gasteiger partial charge is 0.251 e. The molecule has 0 saturated carbocycles. The van der Waals surface area contributed by atoms with E-state index in [1.165, 1.54) is 11.1 Å². The molecule has 0 unspecified atom stereocenters. The molecule has 1 amide bonds. The van der Waals surface area contributed by atoms with E-state index < -0.39 is 0 Å². The van der Waals surface area contributed by atoms with E-state index >= 15 is 0 Å². The lowest BCUT2D eigenvalue weighted by molar-refractivity contribution is 0.0950. The third-order valence-electron chi connectivity index (χ3n) is 3.28. The lowest BCUT2D eigenvalue weighted by Crippen LogP contribution is -2.23. The highest BCUT2D eigenvalue weighted by molar-refractivity contribution is 5.93.